The fraction of sp³-hybridized carbons (Fsp3) is 0.381. The number of carbonyl (C=O) groups excluding carboxylic acids is 2. The van der Waals surface area contributed by atoms with Crippen LogP contribution in [-0.2, 0) is 11.8 Å². The van der Waals surface area contributed by atoms with E-state index in [2.05, 4.69) is 15.4 Å². The Kier molecular flexibility index (Phi) is 5.45. The molecule has 0 bridgehead atoms. The van der Waals surface area contributed by atoms with E-state index < -0.39 is 6.04 Å². The SMILES string of the molecule is COc1cc2[nH]c(C(=O)NC3CCCN(c4cnn(C)c4)C3=O)cc2c(OC)c1OC. The second kappa shape index (κ2) is 8.21. The summed E-state index contributed by atoms with van der Waals surface area (Å²) >= 11 is 0. The number of piperidine rings is 1. The van der Waals surface area contributed by atoms with Crippen molar-refractivity contribution in [1.29, 1.82) is 0 Å². The lowest BCUT2D eigenvalue weighted by atomic mass is 10.0. The maximum atomic E-state index is 13.0. The van der Waals surface area contributed by atoms with Crippen molar-refractivity contribution >= 4 is 28.4 Å². The number of hydrogen-bond acceptors (Lipinski definition) is 6. The first-order valence-electron chi connectivity index (χ1n) is 9.89. The predicted molar refractivity (Wildman–Crippen MR) is 114 cm³/mol. The topological polar surface area (TPSA) is 111 Å². The van der Waals surface area contributed by atoms with Crippen molar-refractivity contribution in [3.8, 4) is 17.2 Å². The summed E-state index contributed by atoms with van der Waals surface area (Å²) in [5, 5.41) is 7.66. The largest absolute Gasteiger partial charge is 0.493 e. The van der Waals surface area contributed by atoms with Gasteiger partial charge in [0.15, 0.2) is 11.5 Å². The minimum atomic E-state index is -0.612. The van der Waals surface area contributed by atoms with E-state index in [1.165, 1.54) is 21.3 Å². The number of H-pyrrole nitrogens is 1. The molecule has 0 radical (unpaired) electrons. The van der Waals surface area contributed by atoms with Crippen molar-refractivity contribution in [2.24, 2.45) is 7.05 Å². The van der Waals surface area contributed by atoms with Crippen LogP contribution in [0.1, 0.15) is 23.3 Å². The van der Waals surface area contributed by atoms with Crippen LogP contribution < -0.4 is 24.4 Å². The van der Waals surface area contributed by atoms with E-state index in [-0.39, 0.29) is 11.8 Å². The molecule has 1 aliphatic heterocycles. The highest BCUT2D eigenvalue weighted by Crippen LogP contribution is 2.43. The summed E-state index contributed by atoms with van der Waals surface area (Å²) in [6.07, 6.45) is 4.78. The molecule has 1 aromatic carbocycles. The van der Waals surface area contributed by atoms with Crippen molar-refractivity contribution in [3.05, 3.63) is 30.2 Å². The second-order valence-electron chi connectivity index (χ2n) is 7.32. The molecule has 1 fully saturated rings. The van der Waals surface area contributed by atoms with Gasteiger partial charge in [0.25, 0.3) is 5.91 Å². The van der Waals surface area contributed by atoms with Gasteiger partial charge in [-0.1, -0.05) is 0 Å². The number of ether oxygens (including phenoxy) is 3. The van der Waals surface area contributed by atoms with Crippen LogP contribution in [0.2, 0.25) is 0 Å². The molecule has 31 heavy (non-hydrogen) atoms. The summed E-state index contributed by atoms with van der Waals surface area (Å²) in [5.74, 6) is 0.865. The van der Waals surface area contributed by atoms with Crippen LogP contribution >= 0.6 is 0 Å². The fourth-order valence-corrected chi connectivity index (χ4v) is 3.92. The van der Waals surface area contributed by atoms with Crippen LogP contribution in [0.5, 0.6) is 17.2 Å². The summed E-state index contributed by atoms with van der Waals surface area (Å²) in [5.41, 5.74) is 1.70. The Morgan fingerprint density at radius 2 is 1.97 bits per heavy atom. The number of anilines is 1. The van der Waals surface area contributed by atoms with Crippen LogP contribution in [-0.4, -0.2) is 60.5 Å². The maximum Gasteiger partial charge on any atom is 0.268 e. The zero-order chi connectivity index (χ0) is 22.1. The van der Waals surface area contributed by atoms with E-state index in [0.717, 1.165) is 12.1 Å². The van der Waals surface area contributed by atoms with Gasteiger partial charge in [-0.25, -0.2) is 0 Å². The van der Waals surface area contributed by atoms with Crippen molar-refractivity contribution in [2.75, 3.05) is 32.8 Å². The van der Waals surface area contributed by atoms with Crippen LogP contribution in [0.3, 0.4) is 0 Å². The van der Waals surface area contributed by atoms with Crippen LogP contribution in [0.15, 0.2) is 24.5 Å². The van der Waals surface area contributed by atoms with Gasteiger partial charge in [-0.15, -0.1) is 0 Å². The van der Waals surface area contributed by atoms with Crippen molar-refractivity contribution in [3.63, 3.8) is 0 Å². The summed E-state index contributed by atoms with van der Waals surface area (Å²) < 4.78 is 17.9. The first-order chi connectivity index (χ1) is 15.0. The molecule has 2 aromatic heterocycles. The van der Waals surface area contributed by atoms with E-state index in [1.54, 1.807) is 41.2 Å². The number of benzene rings is 1. The van der Waals surface area contributed by atoms with E-state index in [4.69, 9.17) is 14.2 Å². The van der Waals surface area contributed by atoms with Gasteiger partial charge in [0.1, 0.15) is 11.7 Å². The summed E-state index contributed by atoms with van der Waals surface area (Å²) in [4.78, 5) is 30.6. The molecule has 0 spiro atoms. The Bertz CT molecular complexity index is 1130. The zero-order valence-corrected chi connectivity index (χ0v) is 17.9. The van der Waals surface area contributed by atoms with Crippen molar-refractivity contribution in [2.45, 2.75) is 18.9 Å². The monoisotopic (exact) mass is 427 g/mol. The highest BCUT2D eigenvalue weighted by molar-refractivity contribution is 6.05. The molecule has 164 valence electrons. The highest BCUT2D eigenvalue weighted by atomic mass is 16.5. The van der Waals surface area contributed by atoms with Gasteiger partial charge < -0.3 is 29.4 Å². The van der Waals surface area contributed by atoms with E-state index >= 15 is 0 Å². The molecule has 1 aliphatic rings. The van der Waals surface area contributed by atoms with Gasteiger partial charge in [-0.3, -0.25) is 14.3 Å². The number of methoxy groups -OCH3 is 3. The van der Waals surface area contributed by atoms with Crippen LogP contribution in [0.4, 0.5) is 5.69 Å². The first kappa shape index (κ1) is 20.6. The highest BCUT2D eigenvalue weighted by Gasteiger charge is 2.32. The Hall–Kier alpha value is -3.69. The third-order valence-corrected chi connectivity index (χ3v) is 5.42. The average molecular weight is 427 g/mol. The van der Waals surface area contributed by atoms with Crippen molar-refractivity contribution in [1.82, 2.24) is 20.1 Å². The minimum absolute atomic E-state index is 0.148. The molecule has 2 amide bonds. The number of aromatic nitrogens is 3. The maximum absolute atomic E-state index is 13.0. The number of fused-ring (bicyclic) bond motifs is 1. The molecule has 3 heterocycles. The minimum Gasteiger partial charge on any atom is -0.493 e. The lowest BCUT2D eigenvalue weighted by Crippen LogP contribution is -2.52. The number of nitrogens with one attached hydrogen (secondary N) is 2. The molecule has 10 heteroatoms. The normalized spacial score (nSPS) is 16.5. The Morgan fingerprint density at radius 3 is 2.61 bits per heavy atom. The van der Waals surface area contributed by atoms with Gasteiger partial charge in [0.2, 0.25) is 11.7 Å². The molecular formula is C21H25N5O5. The van der Waals surface area contributed by atoms with Gasteiger partial charge >= 0.3 is 0 Å². The smallest absolute Gasteiger partial charge is 0.268 e. The zero-order valence-electron chi connectivity index (χ0n) is 17.9. The number of nitrogens with zero attached hydrogens (tertiary/aromatic N) is 3. The number of rotatable bonds is 6. The first-order valence-corrected chi connectivity index (χ1v) is 9.89. The van der Waals surface area contributed by atoms with E-state index in [1.807, 2.05) is 0 Å². The van der Waals surface area contributed by atoms with Gasteiger partial charge in [-0.2, -0.15) is 5.10 Å². The number of amides is 2. The Morgan fingerprint density at radius 1 is 1.19 bits per heavy atom. The molecule has 1 unspecified atom stereocenters. The van der Waals surface area contributed by atoms with Gasteiger partial charge in [0, 0.05) is 31.2 Å². The number of hydrogen-bond donors (Lipinski definition) is 2. The number of carbonyl (C=O) groups is 2. The Balaban J connectivity index is 1.59. The lowest BCUT2D eigenvalue weighted by molar-refractivity contribution is -0.121. The van der Waals surface area contributed by atoms with Gasteiger partial charge in [0.05, 0.1) is 38.7 Å². The molecule has 10 nitrogen and oxygen atoms in total. The molecule has 1 atom stereocenters. The quantitative estimate of drug-likeness (QED) is 0.621. The van der Waals surface area contributed by atoms with Gasteiger partial charge in [-0.05, 0) is 18.9 Å². The summed E-state index contributed by atoms with van der Waals surface area (Å²) in [6.45, 7) is 0.597. The van der Waals surface area contributed by atoms with Crippen LogP contribution in [0, 0.1) is 0 Å². The lowest BCUT2D eigenvalue weighted by Gasteiger charge is -2.31. The molecule has 2 N–H and O–H groups in total. The standard InChI is InChI=1S/C21H25N5O5/c1-25-11-12(10-22-25)26-7-5-6-14(21(26)28)24-20(27)16-8-13-15(23-16)9-17(29-2)19(31-4)18(13)30-3/h8-11,14,23H,5-7H2,1-4H3,(H,24,27). The number of aryl methyl sites for hydroxylation is 1. The number of aromatic amines is 1. The molecule has 3 aromatic rings. The van der Waals surface area contributed by atoms with Crippen LogP contribution in [0.25, 0.3) is 10.9 Å². The van der Waals surface area contributed by atoms with Crippen molar-refractivity contribution < 1.29 is 23.8 Å². The second-order valence-corrected chi connectivity index (χ2v) is 7.32. The fourth-order valence-electron chi connectivity index (χ4n) is 3.92. The molecule has 4 rings (SSSR count). The molecule has 0 aliphatic carbocycles. The third-order valence-electron chi connectivity index (χ3n) is 5.42. The van der Waals surface area contributed by atoms with E-state index in [0.29, 0.717) is 46.8 Å². The predicted octanol–water partition coefficient (Wildman–Crippen LogP) is 1.85. The molecule has 1 saturated heterocycles. The van der Waals surface area contributed by atoms with E-state index in [9.17, 15) is 9.59 Å². The molecular weight excluding hydrogens is 402 g/mol. The third kappa shape index (κ3) is 3.65. The molecule has 0 saturated carbocycles. The Labute approximate surface area is 179 Å². The summed E-state index contributed by atoms with van der Waals surface area (Å²) in [6, 6.07) is 2.81. The average Bonchev–Trinajstić information content (AvgIpc) is 3.39. The summed E-state index contributed by atoms with van der Waals surface area (Å²) in [7, 11) is 6.38.